The smallest absolute Gasteiger partial charge is 0.123 e. The molecule has 0 bridgehead atoms. The fraction of sp³-hybridized carbons (Fsp3) is 0.684. The van der Waals surface area contributed by atoms with E-state index in [9.17, 15) is 0 Å². The number of fused-ring (bicyclic) bond motifs is 1. The Kier molecular flexibility index (Phi) is 5.24. The molecule has 4 nitrogen and oxygen atoms in total. The molecule has 0 unspecified atom stereocenters. The Hall–Kier alpha value is -1.10. The van der Waals surface area contributed by atoms with Crippen LogP contribution in [0.3, 0.4) is 0 Å². The zero-order chi connectivity index (χ0) is 16.3. The molecule has 1 fully saturated rings. The van der Waals surface area contributed by atoms with E-state index in [0.29, 0.717) is 0 Å². The molecule has 0 atom stereocenters. The van der Waals surface area contributed by atoms with Crippen molar-refractivity contribution in [1.82, 2.24) is 10.2 Å². The zero-order valence-corrected chi connectivity index (χ0v) is 14.5. The lowest BCUT2D eigenvalue weighted by Gasteiger charge is -2.31. The van der Waals surface area contributed by atoms with Crippen LogP contribution in [0.15, 0.2) is 18.2 Å². The van der Waals surface area contributed by atoms with Crippen LogP contribution in [0.25, 0.3) is 0 Å². The normalized spacial score (nSPS) is 21.2. The first-order valence-electron chi connectivity index (χ1n) is 8.90. The van der Waals surface area contributed by atoms with E-state index in [0.717, 1.165) is 50.8 Å². The number of hydrogen-bond acceptors (Lipinski definition) is 4. The molecular formula is C19H30N2O2. The van der Waals surface area contributed by atoms with E-state index in [-0.39, 0.29) is 12.2 Å². The Labute approximate surface area is 139 Å². The summed E-state index contributed by atoms with van der Waals surface area (Å²) in [7, 11) is 0. The second-order valence-corrected chi connectivity index (χ2v) is 7.62. The molecule has 2 aliphatic rings. The molecule has 2 N–H and O–H groups in total. The molecule has 1 aromatic carbocycles. The number of β-amino-alcohol motifs (C(OH)–C–C–N with tert-alkyl or cyclic N) is 1. The maximum atomic E-state index is 8.99. The number of aliphatic hydroxyl groups is 1. The minimum Gasteiger partial charge on any atom is -0.487 e. The Morgan fingerprint density at radius 1 is 1.30 bits per heavy atom. The first-order chi connectivity index (χ1) is 11.1. The number of rotatable bonds is 6. The van der Waals surface area contributed by atoms with Crippen molar-refractivity contribution in [3.8, 4) is 5.75 Å². The number of nitrogens with zero attached hydrogens (tertiary/aromatic N) is 1. The molecule has 3 rings (SSSR count). The molecule has 4 heteroatoms. The maximum absolute atomic E-state index is 8.99. The van der Waals surface area contributed by atoms with Gasteiger partial charge < -0.3 is 20.1 Å². The third-order valence-electron chi connectivity index (χ3n) is 5.01. The molecule has 128 valence electrons. The number of likely N-dealkylation sites (tertiary alicyclic amines) is 1. The van der Waals surface area contributed by atoms with Gasteiger partial charge in [-0.25, -0.2) is 0 Å². The average molecular weight is 318 g/mol. The van der Waals surface area contributed by atoms with Crippen LogP contribution in [-0.4, -0.2) is 48.4 Å². The first-order valence-corrected chi connectivity index (χ1v) is 8.90. The van der Waals surface area contributed by atoms with Crippen molar-refractivity contribution in [2.24, 2.45) is 5.92 Å². The van der Waals surface area contributed by atoms with E-state index >= 15 is 0 Å². The van der Waals surface area contributed by atoms with Gasteiger partial charge in [-0.1, -0.05) is 12.1 Å². The zero-order valence-electron chi connectivity index (χ0n) is 14.5. The van der Waals surface area contributed by atoms with E-state index < -0.39 is 0 Å². The summed E-state index contributed by atoms with van der Waals surface area (Å²) in [6.07, 6.45) is 3.47. The van der Waals surface area contributed by atoms with Crippen molar-refractivity contribution >= 4 is 0 Å². The number of aliphatic hydroxyl groups excluding tert-OH is 1. The second-order valence-electron chi connectivity index (χ2n) is 7.62. The Bertz CT molecular complexity index is 522. The van der Waals surface area contributed by atoms with E-state index in [1.807, 2.05) is 0 Å². The highest BCUT2D eigenvalue weighted by atomic mass is 16.5. The largest absolute Gasteiger partial charge is 0.487 e. The third-order valence-corrected chi connectivity index (χ3v) is 5.01. The molecule has 1 saturated heterocycles. The fourth-order valence-corrected chi connectivity index (χ4v) is 3.75. The van der Waals surface area contributed by atoms with Crippen molar-refractivity contribution in [1.29, 1.82) is 0 Å². The van der Waals surface area contributed by atoms with Gasteiger partial charge >= 0.3 is 0 Å². The summed E-state index contributed by atoms with van der Waals surface area (Å²) < 4.78 is 5.94. The summed E-state index contributed by atoms with van der Waals surface area (Å²) in [4.78, 5) is 2.36. The van der Waals surface area contributed by atoms with Crippen LogP contribution in [0.5, 0.6) is 5.75 Å². The highest BCUT2D eigenvalue weighted by Gasteiger charge is 2.29. The van der Waals surface area contributed by atoms with Crippen LogP contribution >= 0.6 is 0 Å². The van der Waals surface area contributed by atoms with E-state index in [1.165, 1.54) is 24.0 Å². The maximum Gasteiger partial charge on any atom is 0.123 e. The average Bonchev–Trinajstić information content (AvgIpc) is 2.82. The molecule has 2 aliphatic heterocycles. The monoisotopic (exact) mass is 318 g/mol. The van der Waals surface area contributed by atoms with Crippen molar-refractivity contribution in [3.63, 3.8) is 0 Å². The minimum atomic E-state index is -0.0586. The second kappa shape index (κ2) is 7.20. The molecule has 0 aliphatic carbocycles. The van der Waals surface area contributed by atoms with Crippen LogP contribution in [-0.2, 0) is 13.0 Å². The molecule has 0 saturated carbocycles. The van der Waals surface area contributed by atoms with Crippen molar-refractivity contribution < 1.29 is 9.84 Å². The predicted molar refractivity (Wildman–Crippen MR) is 92.8 cm³/mol. The van der Waals surface area contributed by atoms with Crippen LogP contribution < -0.4 is 10.1 Å². The van der Waals surface area contributed by atoms with E-state index in [2.05, 4.69) is 42.3 Å². The SMILES string of the molecule is CC1(C)Cc2cc(CNCC3CCN(CCO)CC3)ccc2O1. The summed E-state index contributed by atoms with van der Waals surface area (Å²) in [6, 6.07) is 6.59. The fourth-order valence-electron chi connectivity index (χ4n) is 3.75. The summed E-state index contributed by atoms with van der Waals surface area (Å²) in [5, 5.41) is 12.6. The van der Waals surface area contributed by atoms with Crippen LogP contribution in [0, 0.1) is 5.92 Å². The molecule has 0 radical (unpaired) electrons. The van der Waals surface area contributed by atoms with Crippen LogP contribution in [0.4, 0.5) is 0 Å². The molecular weight excluding hydrogens is 288 g/mol. The van der Waals surface area contributed by atoms with Gasteiger partial charge in [0, 0.05) is 19.5 Å². The van der Waals surface area contributed by atoms with Gasteiger partial charge in [-0.3, -0.25) is 0 Å². The van der Waals surface area contributed by atoms with Crippen molar-refractivity contribution in [3.05, 3.63) is 29.3 Å². The number of benzene rings is 1. The third kappa shape index (κ3) is 4.46. The first kappa shape index (κ1) is 16.7. The number of piperidine rings is 1. The minimum absolute atomic E-state index is 0.0586. The van der Waals surface area contributed by atoms with Gasteiger partial charge in [-0.2, -0.15) is 0 Å². The molecule has 0 spiro atoms. The lowest BCUT2D eigenvalue weighted by molar-refractivity contribution is 0.138. The standard InChI is InChI=1S/C19H30N2O2/c1-19(2)12-17-11-16(3-4-18(17)23-19)14-20-13-15-5-7-21(8-6-15)9-10-22/h3-4,11,15,20,22H,5-10,12-14H2,1-2H3. The van der Waals surface area contributed by atoms with E-state index in [4.69, 9.17) is 9.84 Å². The van der Waals surface area contributed by atoms with Crippen molar-refractivity contribution in [2.45, 2.75) is 45.3 Å². The number of hydrogen-bond donors (Lipinski definition) is 2. The molecule has 2 heterocycles. The van der Waals surface area contributed by atoms with Gasteiger partial charge in [0.1, 0.15) is 11.4 Å². The van der Waals surface area contributed by atoms with Gasteiger partial charge in [0.05, 0.1) is 6.61 Å². The highest BCUT2D eigenvalue weighted by Crippen LogP contribution is 2.35. The van der Waals surface area contributed by atoms with E-state index in [1.54, 1.807) is 0 Å². The Morgan fingerprint density at radius 3 is 2.83 bits per heavy atom. The molecule has 23 heavy (non-hydrogen) atoms. The summed E-state index contributed by atoms with van der Waals surface area (Å²) in [5.74, 6) is 1.82. The van der Waals surface area contributed by atoms with Gasteiger partial charge in [-0.15, -0.1) is 0 Å². The number of ether oxygens (including phenoxy) is 1. The van der Waals surface area contributed by atoms with Gasteiger partial charge in [-0.05, 0) is 69.4 Å². The lowest BCUT2D eigenvalue weighted by atomic mass is 9.96. The van der Waals surface area contributed by atoms with Crippen LogP contribution in [0.2, 0.25) is 0 Å². The lowest BCUT2D eigenvalue weighted by Crippen LogP contribution is -2.38. The summed E-state index contributed by atoms with van der Waals surface area (Å²) in [5.41, 5.74) is 2.63. The van der Waals surface area contributed by atoms with Gasteiger partial charge in [0.25, 0.3) is 0 Å². The summed E-state index contributed by atoms with van der Waals surface area (Å²) >= 11 is 0. The quantitative estimate of drug-likeness (QED) is 0.844. The highest BCUT2D eigenvalue weighted by molar-refractivity contribution is 5.41. The van der Waals surface area contributed by atoms with Gasteiger partial charge in [0.2, 0.25) is 0 Å². The molecule has 0 aromatic heterocycles. The number of nitrogens with one attached hydrogen (secondary N) is 1. The predicted octanol–water partition coefficient (Wildman–Crippen LogP) is 2.19. The Morgan fingerprint density at radius 2 is 2.09 bits per heavy atom. The van der Waals surface area contributed by atoms with Crippen LogP contribution in [0.1, 0.15) is 37.8 Å². The summed E-state index contributed by atoms with van der Waals surface area (Å²) in [6.45, 7) is 9.67. The molecule has 1 aromatic rings. The topological polar surface area (TPSA) is 44.7 Å². The van der Waals surface area contributed by atoms with Gasteiger partial charge in [0.15, 0.2) is 0 Å². The van der Waals surface area contributed by atoms with Crippen molar-refractivity contribution in [2.75, 3.05) is 32.8 Å². The molecule has 0 amide bonds. The Balaban J connectivity index is 1.42.